The summed E-state index contributed by atoms with van der Waals surface area (Å²) in [6.45, 7) is 6.78. The highest BCUT2D eigenvalue weighted by molar-refractivity contribution is 6.78. The molecule has 1 rings (SSSR count). The average molecular weight is 232 g/mol. The van der Waals surface area contributed by atoms with Crippen molar-refractivity contribution in [2.75, 3.05) is 0 Å². The molecule has 0 saturated carbocycles. The molecular formula is C8H16N2O4Si. The predicted octanol–water partition coefficient (Wildman–Crippen LogP) is 1.78. The van der Waals surface area contributed by atoms with Crippen molar-refractivity contribution in [3.8, 4) is 0 Å². The molecule has 86 valence electrons. The molecule has 1 aliphatic heterocycles. The van der Waals surface area contributed by atoms with Crippen LogP contribution in [0, 0.1) is 20.2 Å². The molecule has 0 bridgehead atoms. The second-order valence-corrected chi connectivity index (χ2v) is 10.6. The molecule has 0 aromatic rings. The number of hydrogen-bond acceptors (Lipinski definition) is 4. The van der Waals surface area contributed by atoms with Crippen LogP contribution in [0.25, 0.3) is 0 Å². The lowest BCUT2D eigenvalue weighted by atomic mass is 9.84. The fraction of sp³-hybridized carbons (Fsp3) is 1.00. The van der Waals surface area contributed by atoms with Crippen LogP contribution in [-0.2, 0) is 0 Å². The van der Waals surface area contributed by atoms with Crippen molar-refractivity contribution < 1.29 is 9.85 Å². The zero-order valence-electron chi connectivity index (χ0n) is 9.44. The van der Waals surface area contributed by atoms with Crippen LogP contribution in [-0.4, -0.2) is 29.0 Å². The fourth-order valence-corrected chi connectivity index (χ4v) is 7.70. The maximum absolute atomic E-state index is 11.1. The molecule has 15 heavy (non-hydrogen) atoms. The quantitative estimate of drug-likeness (QED) is 0.412. The molecule has 2 unspecified atom stereocenters. The monoisotopic (exact) mass is 232 g/mol. The van der Waals surface area contributed by atoms with Gasteiger partial charge in [0, 0.05) is 35.8 Å². The topological polar surface area (TPSA) is 86.3 Å². The number of nitrogens with zero attached hydrogens (tertiary/aromatic N) is 2. The van der Waals surface area contributed by atoms with Gasteiger partial charge in [0.1, 0.15) is 0 Å². The van der Waals surface area contributed by atoms with Gasteiger partial charge in [-0.3, -0.25) is 20.2 Å². The first kappa shape index (κ1) is 12.1. The van der Waals surface area contributed by atoms with Gasteiger partial charge in [-0.2, -0.15) is 0 Å². The van der Waals surface area contributed by atoms with Gasteiger partial charge in [0.2, 0.25) is 0 Å². The molecule has 0 aromatic heterocycles. The number of rotatable bonds is 2. The highest BCUT2D eigenvalue weighted by Crippen LogP contribution is 2.49. The highest BCUT2D eigenvalue weighted by Gasteiger charge is 2.72. The van der Waals surface area contributed by atoms with Gasteiger partial charge in [-0.25, -0.2) is 0 Å². The second-order valence-electron chi connectivity index (χ2n) is 5.58. The molecule has 0 radical (unpaired) electrons. The molecule has 1 aliphatic rings. The van der Waals surface area contributed by atoms with E-state index in [4.69, 9.17) is 0 Å². The van der Waals surface area contributed by atoms with Crippen LogP contribution in [0.3, 0.4) is 0 Å². The van der Waals surface area contributed by atoms with Gasteiger partial charge in [-0.1, -0.05) is 13.1 Å². The smallest absolute Gasteiger partial charge is 0.264 e. The summed E-state index contributed by atoms with van der Waals surface area (Å²) in [5.41, 5.74) is -2.82. The lowest BCUT2D eigenvalue weighted by Gasteiger charge is -2.25. The van der Waals surface area contributed by atoms with Crippen LogP contribution >= 0.6 is 0 Å². The van der Waals surface area contributed by atoms with E-state index in [1.54, 1.807) is 0 Å². The Balaban J connectivity index is 3.27. The van der Waals surface area contributed by atoms with Crippen LogP contribution < -0.4 is 0 Å². The summed E-state index contributed by atoms with van der Waals surface area (Å²) in [6, 6.07) is 0.759. The lowest BCUT2D eigenvalue weighted by Crippen LogP contribution is -2.55. The Bertz CT molecular complexity index is 303. The largest absolute Gasteiger partial charge is 0.284 e. The summed E-state index contributed by atoms with van der Waals surface area (Å²) in [5, 5.41) is 22.1. The van der Waals surface area contributed by atoms with Crippen molar-refractivity contribution in [3.63, 3.8) is 0 Å². The van der Waals surface area contributed by atoms with Gasteiger partial charge in [-0.15, -0.1) is 0 Å². The van der Waals surface area contributed by atoms with Gasteiger partial charge in [0.25, 0.3) is 11.1 Å². The van der Waals surface area contributed by atoms with Gasteiger partial charge >= 0.3 is 0 Å². The van der Waals surface area contributed by atoms with Gasteiger partial charge in [0.05, 0.1) is 8.07 Å². The SMILES string of the molecule is CC1([N+](=O)[O-])C[Si](C)(C)CC1(C)[N+](=O)[O-]. The standard InChI is InChI=1S/C8H16N2O4Si/c1-7(9(11)12)5-15(3,4)6-8(7,2)10(13)14/h5-6H2,1-4H3. The Labute approximate surface area is 89.0 Å². The van der Waals surface area contributed by atoms with Crippen LogP contribution in [0.15, 0.2) is 0 Å². The Morgan fingerprint density at radius 1 is 1.00 bits per heavy atom. The summed E-state index contributed by atoms with van der Waals surface area (Å²) in [7, 11) is -1.82. The minimum absolute atomic E-state index is 0.379. The van der Waals surface area contributed by atoms with Gasteiger partial charge in [0.15, 0.2) is 0 Å². The molecule has 1 saturated heterocycles. The minimum atomic E-state index is -1.82. The van der Waals surface area contributed by atoms with Crippen LogP contribution in [0.2, 0.25) is 25.2 Å². The van der Waals surface area contributed by atoms with E-state index in [1.165, 1.54) is 13.8 Å². The third-order valence-electron chi connectivity index (χ3n) is 3.61. The predicted molar refractivity (Wildman–Crippen MR) is 57.9 cm³/mol. The van der Waals surface area contributed by atoms with Crippen LogP contribution in [0.1, 0.15) is 13.8 Å². The molecule has 1 fully saturated rings. The summed E-state index contributed by atoms with van der Waals surface area (Å²) in [5.74, 6) is 0. The Hall–Kier alpha value is -0.983. The van der Waals surface area contributed by atoms with Crippen molar-refractivity contribution in [1.82, 2.24) is 0 Å². The molecule has 0 spiro atoms. The summed E-state index contributed by atoms with van der Waals surface area (Å²) in [6.07, 6.45) is 0. The van der Waals surface area contributed by atoms with Crippen LogP contribution in [0.5, 0.6) is 0 Å². The van der Waals surface area contributed by atoms with Gasteiger partial charge < -0.3 is 0 Å². The molecule has 0 N–H and O–H groups in total. The first-order chi connectivity index (χ1) is 6.55. The van der Waals surface area contributed by atoms with Crippen LogP contribution in [0.4, 0.5) is 0 Å². The zero-order valence-corrected chi connectivity index (χ0v) is 10.4. The number of nitro groups is 2. The van der Waals surface area contributed by atoms with E-state index >= 15 is 0 Å². The lowest BCUT2D eigenvalue weighted by molar-refractivity contribution is -0.669. The van der Waals surface area contributed by atoms with Crippen molar-refractivity contribution in [2.24, 2.45) is 0 Å². The highest BCUT2D eigenvalue weighted by atomic mass is 28.3. The normalized spacial score (nSPS) is 38.9. The van der Waals surface area contributed by atoms with E-state index in [1.807, 2.05) is 13.1 Å². The second kappa shape index (κ2) is 3.00. The molecule has 0 aliphatic carbocycles. The van der Waals surface area contributed by atoms with Crippen molar-refractivity contribution in [3.05, 3.63) is 20.2 Å². The molecular weight excluding hydrogens is 216 g/mol. The Kier molecular flexibility index (Phi) is 2.42. The van der Waals surface area contributed by atoms with E-state index in [-0.39, 0.29) is 0 Å². The summed E-state index contributed by atoms with van der Waals surface area (Å²) >= 11 is 0. The molecule has 0 aromatic carbocycles. The van der Waals surface area contributed by atoms with Crippen molar-refractivity contribution in [2.45, 2.75) is 50.1 Å². The zero-order chi connectivity index (χ0) is 12.1. The summed E-state index contributed by atoms with van der Waals surface area (Å²) < 4.78 is 0. The summed E-state index contributed by atoms with van der Waals surface area (Å²) in [4.78, 5) is 21.2. The third kappa shape index (κ3) is 1.54. The maximum Gasteiger partial charge on any atom is 0.284 e. The van der Waals surface area contributed by atoms with E-state index in [0.29, 0.717) is 12.1 Å². The number of hydrogen-bond donors (Lipinski definition) is 0. The van der Waals surface area contributed by atoms with E-state index in [2.05, 4.69) is 0 Å². The molecule has 6 nitrogen and oxygen atoms in total. The van der Waals surface area contributed by atoms with Crippen molar-refractivity contribution in [1.29, 1.82) is 0 Å². The molecule has 2 atom stereocenters. The first-order valence-electron chi connectivity index (χ1n) is 4.84. The fourth-order valence-electron chi connectivity index (χ4n) is 2.83. The van der Waals surface area contributed by atoms with E-state index < -0.39 is 29.0 Å². The van der Waals surface area contributed by atoms with E-state index in [9.17, 15) is 20.2 Å². The maximum atomic E-state index is 11.1. The molecule has 0 amide bonds. The molecule has 7 heteroatoms. The average Bonchev–Trinajstić information content (AvgIpc) is 2.19. The van der Waals surface area contributed by atoms with Crippen molar-refractivity contribution >= 4 is 8.07 Å². The minimum Gasteiger partial charge on any atom is -0.264 e. The first-order valence-corrected chi connectivity index (χ1v) is 8.26. The Morgan fingerprint density at radius 2 is 1.27 bits per heavy atom. The van der Waals surface area contributed by atoms with E-state index in [0.717, 1.165) is 0 Å². The Morgan fingerprint density at radius 3 is 1.47 bits per heavy atom. The third-order valence-corrected chi connectivity index (χ3v) is 6.90. The van der Waals surface area contributed by atoms with Gasteiger partial charge in [-0.05, 0) is 0 Å². The molecule has 1 heterocycles.